The topological polar surface area (TPSA) is 38.0 Å². The lowest BCUT2D eigenvalue weighted by molar-refractivity contribution is 1.31. The number of benzene rings is 2. The van der Waals surface area contributed by atoms with E-state index < -0.39 is 0 Å². The van der Waals surface area contributed by atoms with Crippen LogP contribution >= 0.6 is 28.1 Å². The maximum atomic E-state index is 5.83. The summed E-state index contributed by atoms with van der Waals surface area (Å²) < 4.78 is 0.900. The molecule has 0 bridgehead atoms. The molecule has 104 valence electrons. The molecule has 0 saturated carbocycles. The molecule has 0 fully saturated rings. The third kappa shape index (κ3) is 3.02. The van der Waals surface area contributed by atoms with Gasteiger partial charge in [-0.2, -0.15) is 0 Å². The van der Waals surface area contributed by atoms with E-state index in [2.05, 4.69) is 54.2 Å². The van der Waals surface area contributed by atoms with Crippen LogP contribution < -0.4 is 11.1 Å². The van der Waals surface area contributed by atoms with Crippen molar-refractivity contribution in [3.05, 3.63) is 57.1 Å². The fourth-order valence-electron chi connectivity index (χ4n) is 2.39. The third-order valence-corrected chi connectivity index (χ3v) is 4.06. The lowest BCUT2D eigenvalue weighted by Crippen LogP contribution is -2.13. The van der Waals surface area contributed by atoms with E-state index >= 15 is 0 Å². The van der Waals surface area contributed by atoms with E-state index in [1.807, 2.05) is 18.2 Å². The number of hydrogen-bond acceptors (Lipinski definition) is 2. The maximum absolute atomic E-state index is 5.83. The second kappa shape index (κ2) is 5.94. The molecule has 2 aromatic rings. The van der Waals surface area contributed by atoms with Crippen molar-refractivity contribution >= 4 is 44.5 Å². The standard InChI is InChI=1S/C16H17BrN2S/c1-9-7-10(2)15(11(3)8-9)19-13-6-4-5-12(17)14(13)16(18)20/h4-8,19H,1-3H3,(H2,18,20). The van der Waals surface area contributed by atoms with Crippen molar-refractivity contribution in [1.29, 1.82) is 0 Å². The zero-order valence-corrected chi connectivity index (χ0v) is 14.2. The van der Waals surface area contributed by atoms with Gasteiger partial charge in [-0.25, -0.2) is 0 Å². The summed E-state index contributed by atoms with van der Waals surface area (Å²) in [7, 11) is 0. The van der Waals surface area contributed by atoms with E-state index in [0.29, 0.717) is 4.99 Å². The largest absolute Gasteiger partial charge is 0.389 e. The molecule has 3 N–H and O–H groups in total. The van der Waals surface area contributed by atoms with E-state index in [-0.39, 0.29) is 0 Å². The summed E-state index contributed by atoms with van der Waals surface area (Å²) in [6.45, 7) is 6.30. The molecule has 20 heavy (non-hydrogen) atoms. The Hall–Kier alpha value is -1.39. The molecule has 2 nitrogen and oxygen atoms in total. The number of rotatable bonds is 3. The van der Waals surface area contributed by atoms with Gasteiger partial charge in [0.2, 0.25) is 0 Å². The van der Waals surface area contributed by atoms with Crippen LogP contribution in [0.3, 0.4) is 0 Å². The van der Waals surface area contributed by atoms with Crippen molar-refractivity contribution in [2.24, 2.45) is 5.73 Å². The van der Waals surface area contributed by atoms with Crippen molar-refractivity contribution in [2.45, 2.75) is 20.8 Å². The second-order valence-corrected chi connectivity index (χ2v) is 6.22. The predicted molar refractivity (Wildman–Crippen MR) is 94.0 cm³/mol. The Balaban J connectivity index is 2.51. The minimum atomic E-state index is 0.377. The van der Waals surface area contributed by atoms with Crippen LogP contribution in [0.5, 0.6) is 0 Å². The van der Waals surface area contributed by atoms with Gasteiger partial charge in [-0.15, -0.1) is 0 Å². The van der Waals surface area contributed by atoms with Crippen LogP contribution in [-0.4, -0.2) is 4.99 Å². The molecule has 0 aliphatic heterocycles. The Morgan fingerprint density at radius 2 is 1.75 bits per heavy atom. The zero-order chi connectivity index (χ0) is 14.9. The number of anilines is 2. The van der Waals surface area contributed by atoms with Gasteiger partial charge in [0.1, 0.15) is 4.99 Å². The van der Waals surface area contributed by atoms with Crippen molar-refractivity contribution in [3.63, 3.8) is 0 Å². The summed E-state index contributed by atoms with van der Waals surface area (Å²) >= 11 is 8.65. The highest BCUT2D eigenvalue weighted by Gasteiger charge is 2.11. The highest BCUT2D eigenvalue weighted by molar-refractivity contribution is 9.10. The molecule has 0 aliphatic carbocycles. The van der Waals surface area contributed by atoms with Crippen LogP contribution in [0.2, 0.25) is 0 Å². The molecule has 0 radical (unpaired) electrons. The first kappa shape index (κ1) is 15.0. The van der Waals surface area contributed by atoms with Crippen molar-refractivity contribution in [1.82, 2.24) is 0 Å². The number of nitrogens with one attached hydrogen (secondary N) is 1. The predicted octanol–water partition coefficient (Wildman–Crippen LogP) is 4.75. The van der Waals surface area contributed by atoms with Crippen LogP contribution in [0.1, 0.15) is 22.3 Å². The van der Waals surface area contributed by atoms with Crippen molar-refractivity contribution in [2.75, 3.05) is 5.32 Å². The summed E-state index contributed by atoms with van der Waals surface area (Å²) in [5.41, 5.74) is 12.4. The van der Waals surface area contributed by atoms with E-state index in [4.69, 9.17) is 18.0 Å². The van der Waals surface area contributed by atoms with Gasteiger partial charge in [0.15, 0.2) is 0 Å². The third-order valence-electron chi connectivity index (χ3n) is 3.20. The molecule has 0 saturated heterocycles. The van der Waals surface area contributed by atoms with Crippen molar-refractivity contribution in [3.8, 4) is 0 Å². The van der Waals surface area contributed by atoms with Gasteiger partial charge >= 0.3 is 0 Å². The van der Waals surface area contributed by atoms with E-state index in [1.165, 1.54) is 16.7 Å². The quantitative estimate of drug-likeness (QED) is 0.785. The van der Waals surface area contributed by atoms with Crippen LogP contribution in [0.15, 0.2) is 34.8 Å². The van der Waals surface area contributed by atoms with Crippen molar-refractivity contribution < 1.29 is 0 Å². The molecule has 0 amide bonds. The Bertz CT molecular complexity index is 657. The lowest BCUT2D eigenvalue weighted by Gasteiger charge is -2.17. The molecule has 4 heteroatoms. The van der Waals surface area contributed by atoms with Gasteiger partial charge < -0.3 is 11.1 Å². The van der Waals surface area contributed by atoms with Crippen LogP contribution in [0.4, 0.5) is 11.4 Å². The number of hydrogen-bond donors (Lipinski definition) is 2. The molecule has 2 aromatic carbocycles. The summed E-state index contributed by atoms with van der Waals surface area (Å²) in [6.07, 6.45) is 0. The first-order chi connectivity index (χ1) is 9.40. The molecule has 2 rings (SSSR count). The fourth-order valence-corrected chi connectivity index (χ4v) is 3.32. The number of aryl methyl sites for hydroxylation is 3. The number of halogens is 1. The van der Waals surface area contributed by atoms with Gasteiger partial charge in [0.25, 0.3) is 0 Å². The summed E-state index contributed by atoms with van der Waals surface area (Å²) in [5.74, 6) is 0. The molecule has 0 unspecified atom stereocenters. The second-order valence-electron chi connectivity index (χ2n) is 4.93. The van der Waals surface area contributed by atoms with Crippen LogP contribution in [0, 0.1) is 20.8 Å². The Kier molecular flexibility index (Phi) is 4.45. The molecular formula is C16H17BrN2S. The van der Waals surface area contributed by atoms with Gasteiger partial charge in [0, 0.05) is 21.4 Å². The Morgan fingerprint density at radius 1 is 1.15 bits per heavy atom. The average Bonchev–Trinajstić information content (AvgIpc) is 2.33. The molecule has 0 aliphatic rings. The smallest absolute Gasteiger partial charge is 0.107 e. The van der Waals surface area contributed by atoms with Gasteiger partial charge in [-0.05, 0) is 60.0 Å². The van der Waals surface area contributed by atoms with E-state index in [9.17, 15) is 0 Å². The lowest BCUT2D eigenvalue weighted by atomic mass is 10.0. The molecule has 0 atom stereocenters. The normalized spacial score (nSPS) is 10.4. The first-order valence-corrected chi connectivity index (χ1v) is 7.53. The fraction of sp³-hybridized carbons (Fsp3) is 0.188. The average molecular weight is 349 g/mol. The monoisotopic (exact) mass is 348 g/mol. The van der Waals surface area contributed by atoms with Crippen LogP contribution in [0.25, 0.3) is 0 Å². The Labute approximate surface area is 133 Å². The molecule has 0 spiro atoms. The summed E-state index contributed by atoms with van der Waals surface area (Å²) in [4.78, 5) is 0.377. The van der Waals surface area contributed by atoms with E-state index in [1.54, 1.807) is 0 Å². The zero-order valence-electron chi connectivity index (χ0n) is 11.8. The van der Waals surface area contributed by atoms with Gasteiger partial charge in [-0.3, -0.25) is 0 Å². The highest BCUT2D eigenvalue weighted by Crippen LogP contribution is 2.31. The van der Waals surface area contributed by atoms with Gasteiger partial charge in [0.05, 0.1) is 0 Å². The first-order valence-electron chi connectivity index (χ1n) is 6.33. The molecule has 0 aromatic heterocycles. The van der Waals surface area contributed by atoms with Gasteiger partial charge in [-0.1, -0.05) is 36.0 Å². The molecular weight excluding hydrogens is 332 g/mol. The number of thiocarbonyl (C=S) groups is 1. The minimum absolute atomic E-state index is 0.377. The number of nitrogens with two attached hydrogens (primary N) is 1. The maximum Gasteiger partial charge on any atom is 0.107 e. The Morgan fingerprint density at radius 3 is 2.30 bits per heavy atom. The SMILES string of the molecule is Cc1cc(C)c(Nc2cccc(Br)c2C(N)=S)c(C)c1. The summed E-state index contributed by atoms with van der Waals surface area (Å²) in [5, 5.41) is 3.46. The minimum Gasteiger partial charge on any atom is -0.389 e. The molecule has 0 heterocycles. The highest BCUT2D eigenvalue weighted by atomic mass is 79.9. The summed E-state index contributed by atoms with van der Waals surface area (Å²) in [6, 6.07) is 10.2. The van der Waals surface area contributed by atoms with E-state index in [0.717, 1.165) is 21.4 Å². The van der Waals surface area contributed by atoms with Crippen LogP contribution in [-0.2, 0) is 0 Å².